The van der Waals surface area contributed by atoms with Crippen molar-refractivity contribution in [1.29, 1.82) is 0 Å². The normalized spacial score (nSPS) is 13.4. The maximum absolute atomic E-state index is 13.6. The Morgan fingerprint density at radius 2 is 2.05 bits per heavy atom. The van der Waals surface area contributed by atoms with E-state index in [0.717, 1.165) is 6.07 Å². The molecule has 1 rings (SSSR count). The van der Waals surface area contributed by atoms with Gasteiger partial charge in [-0.15, -0.1) is 0 Å². The number of hydrogen-bond acceptors (Lipinski definition) is 4. The first-order valence-corrected chi connectivity index (χ1v) is 7.80. The fourth-order valence-electron chi connectivity index (χ4n) is 1.37. The number of aromatic carboxylic acids is 1. The Balaban J connectivity index is 3.12. The van der Waals surface area contributed by atoms with Crippen molar-refractivity contribution >= 4 is 27.6 Å². The highest BCUT2D eigenvalue weighted by molar-refractivity contribution is 7.89. The van der Waals surface area contributed by atoms with Crippen molar-refractivity contribution in [1.82, 2.24) is 9.62 Å². The Hall–Kier alpha value is -1.22. The molecule has 21 heavy (non-hydrogen) atoms. The van der Waals surface area contributed by atoms with Crippen LogP contribution in [-0.2, 0) is 10.0 Å². The van der Waals surface area contributed by atoms with E-state index in [1.807, 2.05) is 0 Å². The quantitative estimate of drug-likeness (QED) is 0.819. The van der Waals surface area contributed by atoms with E-state index in [9.17, 15) is 17.6 Å². The van der Waals surface area contributed by atoms with E-state index >= 15 is 0 Å². The Bertz CT molecular complexity index is 649. The van der Waals surface area contributed by atoms with Gasteiger partial charge >= 0.3 is 5.97 Å². The molecule has 1 aromatic rings. The molecule has 0 heterocycles. The van der Waals surface area contributed by atoms with Gasteiger partial charge in [-0.3, -0.25) is 0 Å². The Morgan fingerprint density at radius 3 is 2.52 bits per heavy atom. The van der Waals surface area contributed by atoms with Crippen LogP contribution < -0.4 is 4.72 Å². The number of sulfonamides is 1. The zero-order chi connectivity index (χ0) is 16.4. The second-order valence-electron chi connectivity index (χ2n) is 4.74. The summed E-state index contributed by atoms with van der Waals surface area (Å²) < 4.78 is 40.0. The highest BCUT2D eigenvalue weighted by atomic mass is 35.5. The predicted octanol–water partition coefficient (Wildman–Crippen LogP) is 1.41. The number of hydrogen-bond donors (Lipinski definition) is 2. The summed E-state index contributed by atoms with van der Waals surface area (Å²) in [6.45, 7) is 1.90. The molecule has 0 spiro atoms. The molecule has 0 aromatic heterocycles. The van der Waals surface area contributed by atoms with Gasteiger partial charge in [0.15, 0.2) is 0 Å². The topological polar surface area (TPSA) is 86.7 Å². The van der Waals surface area contributed by atoms with Crippen LogP contribution in [0.3, 0.4) is 0 Å². The molecule has 0 aliphatic carbocycles. The Morgan fingerprint density at radius 1 is 1.48 bits per heavy atom. The van der Waals surface area contributed by atoms with E-state index in [4.69, 9.17) is 16.7 Å². The van der Waals surface area contributed by atoms with Crippen LogP contribution in [0.25, 0.3) is 0 Å². The lowest BCUT2D eigenvalue weighted by atomic mass is 10.2. The molecule has 0 saturated heterocycles. The first kappa shape index (κ1) is 17.8. The zero-order valence-electron chi connectivity index (χ0n) is 11.7. The van der Waals surface area contributed by atoms with Crippen molar-refractivity contribution < 1.29 is 22.7 Å². The SMILES string of the molecule is CC(CNS(=O)(=O)c1cc(F)c(Cl)c(C(=O)O)c1)N(C)C. The van der Waals surface area contributed by atoms with Crippen LogP contribution in [0, 0.1) is 5.82 Å². The third-order valence-electron chi connectivity index (χ3n) is 2.99. The molecular weight excluding hydrogens is 323 g/mol. The average molecular weight is 339 g/mol. The molecule has 1 atom stereocenters. The van der Waals surface area contributed by atoms with E-state index in [1.54, 1.807) is 25.9 Å². The summed E-state index contributed by atoms with van der Waals surface area (Å²) in [5, 5.41) is 8.28. The fourth-order valence-corrected chi connectivity index (χ4v) is 2.72. The van der Waals surface area contributed by atoms with Crippen molar-refractivity contribution in [2.24, 2.45) is 0 Å². The largest absolute Gasteiger partial charge is 0.478 e. The lowest BCUT2D eigenvalue weighted by Gasteiger charge is -2.20. The van der Waals surface area contributed by atoms with E-state index in [0.29, 0.717) is 6.07 Å². The summed E-state index contributed by atoms with van der Waals surface area (Å²) in [4.78, 5) is 12.3. The summed E-state index contributed by atoms with van der Waals surface area (Å²) in [6, 6.07) is 1.43. The molecule has 0 aliphatic heterocycles. The van der Waals surface area contributed by atoms with Crippen LogP contribution in [-0.4, -0.2) is 51.1 Å². The highest BCUT2D eigenvalue weighted by Gasteiger charge is 2.22. The number of carboxylic acids is 1. The van der Waals surface area contributed by atoms with Gasteiger partial charge in [0.25, 0.3) is 0 Å². The molecule has 0 amide bonds. The van der Waals surface area contributed by atoms with Gasteiger partial charge in [-0.25, -0.2) is 22.3 Å². The second-order valence-corrected chi connectivity index (χ2v) is 6.88. The second kappa shape index (κ2) is 6.69. The number of carboxylic acid groups (broad SMARTS) is 1. The van der Waals surface area contributed by atoms with Crippen molar-refractivity contribution in [3.63, 3.8) is 0 Å². The van der Waals surface area contributed by atoms with Gasteiger partial charge in [-0.1, -0.05) is 11.6 Å². The molecule has 0 aliphatic rings. The van der Waals surface area contributed by atoms with Crippen LogP contribution in [0.1, 0.15) is 17.3 Å². The summed E-state index contributed by atoms with van der Waals surface area (Å²) in [5.41, 5.74) is -0.599. The lowest BCUT2D eigenvalue weighted by Crippen LogP contribution is -2.38. The molecule has 0 bridgehead atoms. The minimum atomic E-state index is -4.02. The van der Waals surface area contributed by atoms with Crippen LogP contribution in [0.15, 0.2) is 17.0 Å². The standard InChI is InChI=1S/C12H16ClFN2O4S/c1-7(16(2)3)6-15-21(19,20)8-4-9(12(17)18)11(13)10(14)5-8/h4-5,7,15H,6H2,1-3H3,(H,17,18). The molecule has 0 radical (unpaired) electrons. The van der Waals surface area contributed by atoms with Gasteiger partial charge in [0.1, 0.15) is 5.82 Å². The molecule has 0 fully saturated rings. The van der Waals surface area contributed by atoms with Crippen LogP contribution in [0.5, 0.6) is 0 Å². The van der Waals surface area contributed by atoms with Crippen molar-refractivity contribution in [2.45, 2.75) is 17.9 Å². The highest BCUT2D eigenvalue weighted by Crippen LogP contribution is 2.24. The minimum Gasteiger partial charge on any atom is -0.478 e. The molecule has 9 heteroatoms. The van der Waals surface area contributed by atoms with E-state index in [-0.39, 0.29) is 12.6 Å². The summed E-state index contributed by atoms with van der Waals surface area (Å²) in [7, 11) is -0.460. The first-order valence-electron chi connectivity index (χ1n) is 5.94. The number of benzene rings is 1. The Labute approximate surface area is 127 Å². The summed E-state index contributed by atoms with van der Waals surface area (Å²) in [6.07, 6.45) is 0. The van der Waals surface area contributed by atoms with Gasteiger partial charge < -0.3 is 10.0 Å². The van der Waals surface area contributed by atoms with Gasteiger partial charge in [-0.2, -0.15) is 0 Å². The third-order valence-corrected chi connectivity index (χ3v) is 4.78. The Kier molecular flexibility index (Phi) is 5.68. The summed E-state index contributed by atoms with van der Waals surface area (Å²) in [5.74, 6) is -2.60. The van der Waals surface area contributed by atoms with Crippen molar-refractivity contribution in [3.8, 4) is 0 Å². The molecule has 6 nitrogen and oxygen atoms in total. The van der Waals surface area contributed by atoms with E-state index in [1.165, 1.54) is 0 Å². The van der Waals surface area contributed by atoms with Gasteiger partial charge in [0.2, 0.25) is 10.0 Å². The van der Waals surface area contributed by atoms with E-state index in [2.05, 4.69) is 4.72 Å². The first-order chi connectivity index (χ1) is 9.56. The number of nitrogens with zero attached hydrogens (tertiary/aromatic N) is 1. The van der Waals surface area contributed by atoms with Crippen LogP contribution in [0.2, 0.25) is 5.02 Å². The monoisotopic (exact) mass is 338 g/mol. The smallest absolute Gasteiger partial charge is 0.337 e. The number of likely N-dealkylation sites (N-methyl/N-ethyl adjacent to an activating group) is 1. The zero-order valence-corrected chi connectivity index (χ0v) is 13.3. The summed E-state index contributed by atoms with van der Waals surface area (Å²) >= 11 is 5.50. The molecule has 118 valence electrons. The molecule has 1 aromatic carbocycles. The van der Waals surface area contributed by atoms with E-state index < -0.39 is 37.3 Å². The number of nitrogens with one attached hydrogen (secondary N) is 1. The maximum Gasteiger partial charge on any atom is 0.337 e. The average Bonchev–Trinajstić information content (AvgIpc) is 2.38. The van der Waals surface area contributed by atoms with Gasteiger partial charge in [-0.05, 0) is 33.2 Å². The van der Waals surface area contributed by atoms with Gasteiger partial charge in [0, 0.05) is 12.6 Å². The van der Waals surface area contributed by atoms with Crippen LogP contribution in [0.4, 0.5) is 4.39 Å². The fraction of sp³-hybridized carbons (Fsp3) is 0.417. The van der Waals surface area contributed by atoms with Crippen LogP contribution >= 0.6 is 11.6 Å². The van der Waals surface area contributed by atoms with Crippen molar-refractivity contribution in [2.75, 3.05) is 20.6 Å². The molecule has 2 N–H and O–H groups in total. The maximum atomic E-state index is 13.6. The number of halogens is 2. The van der Waals surface area contributed by atoms with Gasteiger partial charge in [0.05, 0.1) is 15.5 Å². The minimum absolute atomic E-state index is 0.0872. The number of carbonyl (C=O) groups is 1. The molecular formula is C12H16ClFN2O4S. The third kappa shape index (κ3) is 4.37. The van der Waals surface area contributed by atoms with Crippen molar-refractivity contribution in [3.05, 3.63) is 28.5 Å². The number of rotatable bonds is 6. The predicted molar refractivity (Wildman–Crippen MR) is 76.7 cm³/mol. The lowest BCUT2D eigenvalue weighted by molar-refractivity contribution is 0.0696. The molecule has 1 unspecified atom stereocenters. The molecule has 0 saturated carbocycles.